The quantitative estimate of drug-likeness (QED) is 0.576. The van der Waals surface area contributed by atoms with Crippen LogP contribution in [0.5, 0.6) is 0 Å². The summed E-state index contributed by atoms with van der Waals surface area (Å²) in [6, 6.07) is 15.7. The van der Waals surface area contributed by atoms with Gasteiger partial charge in [0.15, 0.2) is 0 Å². The average molecular weight is 391 g/mol. The summed E-state index contributed by atoms with van der Waals surface area (Å²) >= 11 is 0. The van der Waals surface area contributed by atoms with E-state index in [0.29, 0.717) is 28.0 Å². The van der Waals surface area contributed by atoms with Gasteiger partial charge in [0, 0.05) is 29.7 Å². The molecule has 3 rings (SSSR count). The number of benzene rings is 2. The Labute approximate surface area is 170 Å². The van der Waals surface area contributed by atoms with Gasteiger partial charge in [0.05, 0.1) is 11.1 Å². The highest BCUT2D eigenvalue weighted by molar-refractivity contribution is 6.08. The summed E-state index contributed by atoms with van der Waals surface area (Å²) in [5, 5.41) is 13.1. The fourth-order valence-corrected chi connectivity index (χ4v) is 3.30. The number of nitrogens with zero attached hydrogens (tertiary/aromatic N) is 2. The Morgan fingerprint density at radius 1 is 1.00 bits per heavy atom. The number of pyridine rings is 1. The number of amides is 1. The van der Waals surface area contributed by atoms with Crippen molar-refractivity contribution in [2.45, 2.75) is 26.7 Å². The van der Waals surface area contributed by atoms with Crippen LogP contribution in [0, 0.1) is 0 Å². The number of hydrogen-bond donors (Lipinski definition) is 2. The first-order valence-corrected chi connectivity index (χ1v) is 9.83. The van der Waals surface area contributed by atoms with Crippen LogP contribution in [0.2, 0.25) is 0 Å². The van der Waals surface area contributed by atoms with Gasteiger partial charge in [-0.1, -0.05) is 32.0 Å². The Kier molecular flexibility index (Phi) is 6.44. The Morgan fingerprint density at radius 3 is 2.31 bits per heavy atom. The molecule has 0 aliphatic heterocycles. The van der Waals surface area contributed by atoms with Crippen molar-refractivity contribution >= 4 is 34.3 Å². The Balaban J connectivity index is 1.99. The average Bonchev–Trinajstić information content (AvgIpc) is 2.73. The summed E-state index contributed by atoms with van der Waals surface area (Å²) in [6.07, 6.45) is 1.90. The normalized spacial score (nSPS) is 10.7. The molecule has 0 unspecified atom stereocenters. The van der Waals surface area contributed by atoms with Crippen molar-refractivity contribution in [1.82, 2.24) is 4.98 Å². The van der Waals surface area contributed by atoms with Gasteiger partial charge >= 0.3 is 5.97 Å². The van der Waals surface area contributed by atoms with Crippen LogP contribution >= 0.6 is 0 Å². The maximum absolute atomic E-state index is 12.4. The second-order valence-electron chi connectivity index (χ2n) is 6.87. The summed E-state index contributed by atoms with van der Waals surface area (Å²) in [5.41, 5.74) is 1.84. The van der Waals surface area contributed by atoms with Gasteiger partial charge in [-0.25, -0.2) is 9.78 Å². The fraction of sp³-hybridized carbons (Fsp3) is 0.261. The molecule has 6 heteroatoms. The highest BCUT2D eigenvalue weighted by Crippen LogP contribution is 2.26. The van der Waals surface area contributed by atoms with Crippen LogP contribution in [0.1, 0.15) is 47.4 Å². The topological polar surface area (TPSA) is 82.5 Å². The van der Waals surface area contributed by atoms with E-state index in [0.717, 1.165) is 25.9 Å². The second kappa shape index (κ2) is 9.19. The number of nitrogens with one attached hydrogen (secondary N) is 1. The molecule has 0 atom stereocenters. The maximum atomic E-state index is 12.4. The second-order valence-corrected chi connectivity index (χ2v) is 6.87. The maximum Gasteiger partial charge on any atom is 0.336 e. The Bertz CT molecular complexity index is 1010. The third-order valence-electron chi connectivity index (χ3n) is 4.63. The lowest BCUT2D eigenvalue weighted by molar-refractivity contribution is 0.0698. The Hall–Kier alpha value is -3.41. The zero-order valence-electron chi connectivity index (χ0n) is 16.7. The van der Waals surface area contributed by atoms with Crippen LogP contribution in [0.4, 0.5) is 11.5 Å². The number of aromatic nitrogens is 1. The predicted molar refractivity (Wildman–Crippen MR) is 116 cm³/mol. The number of rotatable bonds is 8. The SMILES string of the molecule is CCCN(CCC)c1cc(C(=O)O)c2cc(NC(=O)c3ccccc3)ccc2n1. The molecule has 0 saturated heterocycles. The molecule has 3 aromatic rings. The number of carboxylic acid groups (broad SMARTS) is 1. The first kappa shape index (κ1) is 20.3. The van der Waals surface area contributed by atoms with Gasteiger partial charge in [0.25, 0.3) is 5.91 Å². The smallest absolute Gasteiger partial charge is 0.336 e. The first-order valence-electron chi connectivity index (χ1n) is 9.83. The molecule has 6 nitrogen and oxygen atoms in total. The zero-order chi connectivity index (χ0) is 20.8. The molecule has 0 aliphatic rings. The van der Waals surface area contributed by atoms with Crippen LogP contribution in [-0.2, 0) is 0 Å². The van der Waals surface area contributed by atoms with Crippen molar-refractivity contribution in [3.05, 3.63) is 65.7 Å². The fourth-order valence-electron chi connectivity index (χ4n) is 3.30. The number of carbonyl (C=O) groups excluding carboxylic acids is 1. The molecule has 1 heterocycles. The van der Waals surface area contributed by atoms with E-state index < -0.39 is 5.97 Å². The van der Waals surface area contributed by atoms with Gasteiger partial charge in [-0.15, -0.1) is 0 Å². The summed E-state index contributed by atoms with van der Waals surface area (Å²) in [6.45, 7) is 5.81. The highest BCUT2D eigenvalue weighted by atomic mass is 16.4. The van der Waals surface area contributed by atoms with E-state index in [2.05, 4.69) is 29.0 Å². The Morgan fingerprint density at radius 2 is 1.69 bits per heavy atom. The van der Waals surface area contributed by atoms with Gasteiger partial charge in [-0.2, -0.15) is 0 Å². The minimum atomic E-state index is -1.02. The molecule has 2 N–H and O–H groups in total. The van der Waals surface area contributed by atoms with E-state index >= 15 is 0 Å². The van der Waals surface area contributed by atoms with Crippen LogP contribution in [0.15, 0.2) is 54.6 Å². The van der Waals surface area contributed by atoms with Crippen LogP contribution in [-0.4, -0.2) is 35.1 Å². The number of anilines is 2. The van der Waals surface area contributed by atoms with E-state index in [1.54, 1.807) is 48.5 Å². The summed E-state index contributed by atoms with van der Waals surface area (Å²) in [5.74, 6) is -0.596. The highest BCUT2D eigenvalue weighted by Gasteiger charge is 2.16. The standard InChI is InChI=1S/C23H25N3O3/c1-3-12-26(13-4-2)21-15-19(23(28)29)18-14-17(10-11-20(18)25-21)24-22(27)16-8-6-5-7-9-16/h5-11,14-15H,3-4,12-13H2,1-2H3,(H,24,27)(H,28,29). The van der Waals surface area contributed by atoms with Crippen molar-refractivity contribution in [1.29, 1.82) is 0 Å². The predicted octanol–water partition coefficient (Wildman–Crippen LogP) is 4.81. The molecule has 1 amide bonds. The lowest BCUT2D eigenvalue weighted by Crippen LogP contribution is -2.26. The number of fused-ring (bicyclic) bond motifs is 1. The summed E-state index contributed by atoms with van der Waals surface area (Å²) < 4.78 is 0. The molecule has 0 radical (unpaired) electrons. The first-order chi connectivity index (χ1) is 14.0. The number of carboxylic acids is 1. The largest absolute Gasteiger partial charge is 0.478 e. The third-order valence-corrected chi connectivity index (χ3v) is 4.63. The van der Waals surface area contributed by atoms with Crippen molar-refractivity contribution < 1.29 is 14.7 Å². The van der Waals surface area contributed by atoms with E-state index in [4.69, 9.17) is 0 Å². The molecule has 0 spiro atoms. The lowest BCUT2D eigenvalue weighted by Gasteiger charge is -2.23. The minimum absolute atomic E-state index is 0.179. The number of aromatic carboxylic acids is 1. The van der Waals surface area contributed by atoms with Crippen molar-refractivity contribution in [2.75, 3.05) is 23.3 Å². The third kappa shape index (κ3) is 4.71. The zero-order valence-corrected chi connectivity index (χ0v) is 16.7. The monoisotopic (exact) mass is 391 g/mol. The van der Waals surface area contributed by atoms with E-state index in [1.807, 2.05) is 6.07 Å². The molecule has 150 valence electrons. The number of carbonyl (C=O) groups is 2. The number of hydrogen-bond acceptors (Lipinski definition) is 4. The molecule has 0 bridgehead atoms. The van der Waals surface area contributed by atoms with E-state index in [1.165, 1.54) is 0 Å². The van der Waals surface area contributed by atoms with Crippen LogP contribution in [0.25, 0.3) is 10.9 Å². The molecule has 0 aliphatic carbocycles. The molecular formula is C23H25N3O3. The van der Waals surface area contributed by atoms with Crippen LogP contribution in [0.3, 0.4) is 0 Å². The molecule has 0 fully saturated rings. The van der Waals surface area contributed by atoms with Crippen molar-refractivity contribution in [3.8, 4) is 0 Å². The minimum Gasteiger partial charge on any atom is -0.478 e. The van der Waals surface area contributed by atoms with Gasteiger partial charge in [0.1, 0.15) is 5.82 Å². The van der Waals surface area contributed by atoms with Gasteiger partial charge in [-0.05, 0) is 49.2 Å². The summed E-state index contributed by atoms with van der Waals surface area (Å²) in [4.78, 5) is 31.1. The van der Waals surface area contributed by atoms with E-state index in [-0.39, 0.29) is 11.5 Å². The molecular weight excluding hydrogens is 366 g/mol. The van der Waals surface area contributed by atoms with Gasteiger partial charge in [0.2, 0.25) is 0 Å². The van der Waals surface area contributed by atoms with Crippen molar-refractivity contribution in [2.24, 2.45) is 0 Å². The van der Waals surface area contributed by atoms with Crippen LogP contribution < -0.4 is 10.2 Å². The molecule has 0 saturated carbocycles. The van der Waals surface area contributed by atoms with Crippen molar-refractivity contribution in [3.63, 3.8) is 0 Å². The van der Waals surface area contributed by atoms with E-state index in [9.17, 15) is 14.7 Å². The lowest BCUT2D eigenvalue weighted by atomic mass is 10.1. The molecule has 1 aromatic heterocycles. The van der Waals surface area contributed by atoms with Gasteiger partial charge < -0.3 is 15.3 Å². The summed E-state index contributed by atoms with van der Waals surface area (Å²) in [7, 11) is 0. The molecule has 2 aromatic carbocycles. The molecule has 29 heavy (non-hydrogen) atoms. The van der Waals surface area contributed by atoms with Gasteiger partial charge in [-0.3, -0.25) is 4.79 Å².